The van der Waals surface area contributed by atoms with E-state index in [0.717, 1.165) is 24.1 Å². The standard InChI is InChI=1S/C8H17NO3S/c1-9(5-2-3-6-9)7-4-8-13(10,11)12/h2-8H2,1H3. The molecule has 1 heterocycles. The zero-order chi connectivity index (χ0) is 9.95. The minimum absolute atomic E-state index is 0.208. The van der Waals surface area contributed by atoms with Crippen molar-refractivity contribution in [3.63, 3.8) is 0 Å². The van der Waals surface area contributed by atoms with Crippen LogP contribution in [0.3, 0.4) is 0 Å². The average molecular weight is 207 g/mol. The van der Waals surface area contributed by atoms with E-state index >= 15 is 0 Å². The van der Waals surface area contributed by atoms with Crippen molar-refractivity contribution in [3.05, 3.63) is 0 Å². The zero-order valence-electron chi connectivity index (χ0n) is 8.03. The van der Waals surface area contributed by atoms with E-state index in [9.17, 15) is 13.0 Å². The van der Waals surface area contributed by atoms with Crippen LogP contribution in [-0.4, -0.2) is 49.9 Å². The van der Waals surface area contributed by atoms with Gasteiger partial charge in [0.1, 0.15) is 0 Å². The van der Waals surface area contributed by atoms with E-state index in [-0.39, 0.29) is 5.75 Å². The number of likely N-dealkylation sites (tertiary alicyclic amines) is 1. The lowest BCUT2D eigenvalue weighted by Crippen LogP contribution is -2.42. The highest BCUT2D eigenvalue weighted by molar-refractivity contribution is 7.85. The molecule has 0 unspecified atom stereocenters. The van der Waals surface area contributed by atoms with Gasteiger partial charge in [0.25, 0.3) is 0 Å². The van der Waals surface area contributed by atoms with Crippen molar-refractivity contribution in [3.8, 4) is 0 Å². The van der Waals surface area contributed by atoms with Crippen LogP contribution in [0.4, 0.5) is 0 Å². The van der Waals surface area contributed by atoms with Crippen molar-refractivity contribution in [2.45, 2.75) is 19.3 Å². The summed E-state index contributed by atoms with van der Waals surface area (Å²) in [6, 6.07) is 0. The summed E-state index contributed by atoms with van der Waals surface area (Å²) in [6.45, 7) is 3.07. The maximum absolute atomic E-state index is 10.3. The van der Waals surface area contributed by atoms with Gasteiger partial charge in [0, 0.05) is 25.0 Å². The first-order valence-corrected chi connectivity index (χ1v) is 6.26. The Kier molecular flexibility index (Phi) is 3.32. The Morgan fingerprint density at radius 2 is 1.85 bits per heavy atom. The molecule has 0 amide bonds. The lowest BCUT2D eigenvalue weighted by Gasteiger charge is -2.29. The summed E-state index contributed by atoms with van der Waals surface area (Å²) in [5.74, 6) is -0.208. The Morgan fingerprint density at radius 1 is 1.31 bits per heavy atom. The number of rotatable bonds is 4. The van der Waals surface area contributed by atoms with E-state index in [4.69, 9.17) is 0 Å². The molecule has 0 aliphatic carbocycles. The molecule has 1 aliphatic rings. The second kappa shape index (κ2) is 3.94. The molecule has 0 aromatic heterocycles. The molecule has 1 saturated heterocycles. The van der Waals surface area contributed by atoms with Crippen LogP contribution in [0.1, 0.15) is 19.3 Å². The lowest BCUT2D eigenvalue weighted by molar-refractivity contribution is -0.897. The molecule has 4 nitrogen and oxygen atoms in total. The zero-order valence-corrected chi connectivity index (χ0v) is 8.85. The highest BCUT2D eigenvalue weighted by Gasteiger charge is 2.25. The third-order valence-electron chi connectivity index (χ3n) is 2.74. The summed E-state index contributed by atoms with van der Waals surface area (Å²) in [6.07, 6.45) is 2.95. The Hall–Kier alpha value is -0.130. The van der Waals surface area contributed by atoms with E-state index in [1.807, 2.05) is 0 Å². The molecule has 0 radical (unpaired) electrons. The Balaban J connectivity index is 2.26. The third kappa shape index (κ3) is 4.06. The van der Waals surface area contributed by atoms with Gasteiger partial charge in [-0.05, 0) is 0 Å². The summed E-state index contributed by atoms with van der Waals surface area (Å²) in [7, 11) is -1.87. The number of nitrogens with zero attached hydrogens (tertiary/aromatic N) is 1. The van der Waals surface area contributed by atoms with Gasteiger partial charge in [0.15, 0.2) is 0 Å². The highest BCUT2D eigenvalue weighted by atomic mass is 32.2. The van der Waals surface area contributed by atoms with Crippen molar-refractivity contribution in [1.82, 2.24) is 0 Å². The molecule has 0 spiro atoms. The minimum atomic E-state index is -4.00. The Bertz CT molecular complexity index is 255. The smallest absolute Gasteiger partial charge is 0.0948 e. The predicted octanol–water partition coefficient (Wildman–Crippen LogP) is 0.162. The summed E-state index contributed by atoms with van der Waals surface area (Å²) in [5, 5.41) is 0. The maximum atomic E-state index is 10.3. The lowest BCUT2D eigenvalue weighted by atomic mass is 10.4. The molecule has 0 N–H and O–H groups in total. The van der Waals surface area contributed by atoms with Gasteiger partial charge in [-0.15, -0.1) is 0 Å². The number of quaternary nitrogens is 1. The van der Waals surface area contributed by atoms with E-state index in [1.54, 1.807) is 0 Å². The van der Waals surface area contributed by atoms with Gasteiger partial charge in [-0.25, -0.2) is 8.42 Å². The van der Waals surface area contributed by atoms with E-state index in [2.05, 4.69) is 7.05 Å². The normalized spacial score (nSPS) is 22.0. The van der Waals surface area contributed by atoms with Gasteiger partial charge in [-0.2, -0.15) is 0 Å². The molecular weight excluding hydrogens is 190 g/mol. The highest BCUT2D eigenvalue weighted by Crippen LogP contribution is 2.16. The first-order valence-electron chi connectivity index (χ1n) is 4.68. The molecule has 0 bridgehead atoms. The average Bonchev–Trinajstić information content (AvgIpc) is 2.33. The summed E-state index contributed by atoms with van der Waals surface area (Å²) in [5.41, 5.74) is 0. The molecular formula is C8H17NO3S. The van der Waals surface area contributed by atoms with Crippen LogP contribution in [0, 0.1) is 0 Å². The molecule has 0 aromatic rings. The van der Waals surface area contributed by atoms with Gasteiger partial charge in [0.05, 0.1) is 36.8 Å². The monoisotopic (exact) mass is 207 g/mol. The summed E-state index contributed by atoms with van der Waals surface area (Å²) in [4.78, 5) is 0. The van der Waals surface area contributed by atoms with Crippen LogP contribution in [0.25, 0.3) is 0 Å². The molecule has 5 heteroatoms. The summed E-state index contributed by atoms with van der Waals surface area (Å²) < 4.78 is 32.0. The fourth-order valence-electron chi connectivity index (χ4n) is 1.95. The third-order valence-corrected chi connectivity index (χ3v) is 3.53. The van der Waals surface area contributed by atoms with Crippen LogP contribution in [-0.2, 0) is 10.1 Å². The largest absolute Gasteiger partial charge is 0.748 e. The van der Waals surface area contributed by atoms with E-state index in [1.165, 1.54) is 12.8 Å². The fourth-order valence-corrected chi connectivity index (χ4v) is 2.43. The molecule has 0 atom stereocenters. The Morgan fingerprint density at radius 3 is 2.31 bits per heavy atom. The van der Waals surface area contributed by atoms with Gasteiger partial charge in [-0.3, -0.25) is 0 Å². The molecule has 78 valence electrons. The van der Waals surface area contributed by atoms with Gasteiger partial charge < -0.3 is 9.04 Å². The van der Waals surface area contributed by atoms with Crippen molar-refractivity contribution in [2.24, 2.45) is 0 Å². The molecule has 1 rings (SSSR count). The van der Waals surface area contributed by atoms with Crippen LogP contribution in [0.5, 0.6) is 0 Å². The molecule has 0 aromatic carbocycles. The minimum Gasteiger partial charge on any atom is -0.748 e. The number of hydrogen-bond acceptors (Lipinski definition) is 3. The topological polar surface area (TPSA) is 57.2 Å². The fraction of sp³-hybridized carbons (Fsp3) is 1.00. The summed E-state index contributed by atoms with van der Waals surface area (Å²) >= 11 is 0. The van der Waals surface area contributed by atoms with Crippen LogP contribution >= 0.6 is 0 Å². The first-order chi connectivity index (χ1) is 5.91. The quantitative estimate of drug-likeness (QED) is 0.487. The second-order valence-electron chi connectivity index (χ2n) is 4.11. The van der Waals surface area contributed by atoms with Crippen molar-refractivity contribution >= 4 is 10.1 Å². The second-order valence-corrected chi connectivity index (χ2v) is 5.64. The Labute approximate surface area is 79.9 Å². The van der Waals surface area contributed by atoms with Crippen molar-refractivity contribution in [2.75, 3.05) is 32.4 Å². The number of hydrogen-bond donors (Lipinski definition) is 0. The van der Waals surface area contributed by atoms with Crippen LogP contribution in [0.15, 0.2) is 0 Å². The van der Waals surface area contributed by atoms with Gasteiger partial charge in [0.2, 0.25) is 0 Å². The molecule has 1 fully saturated rings. The van der Waals surface area contributed by atoms with Crippen molar-refractivity contribution in [1.29, 1.82) is 0 Å². The van der Waals surface area contributed by atoms with E-state index < -0.39 is 10.1 Å². The first kappa shape index (κ1) is 10.9. The molecule has 1 aliphatic heterocycles. The van der Waals surface area contributed by atoms with E-state index in [0.29, 0.717) is 6.42 Å². The predicted molar refractivity (Wildman–Crippen MR) is 49.2 cm³/mol. The maximum Gasteiger partial charge on any atom is 0.0948 e. The van der Waals surface area contributed by atoms with Gasteiger partial charge in [-0.1, -0.05) is 0 Å². The van der Waals surface area contributed by atoms with Gasteiger partial charge >= 0.3 is 0 Å². The molecule has 13 heavy (non-hydrogen) atoms. The SMILES string of the molecule is C[N+]1(CCCS(=O)(=O)[O-])CCCC1. The molecule has 0 saturated carbocycles. The van der Waals surface area contributed by atoms with Crippen molar-refractivity contribution < 1.29 is 17.5 Å². The van der Waals surface area contributed by atoms with Crippen LogP contribution in [0.2, 0.25) is 0 Å². The van der Waals surface area contributed by atoms with Crippen LogP contribution < -0.4 is 0 Å².